The van der Waals surface area contributed by atoms with Crippen LogP contribution in [0.4, 0.5) is 4.39 Å². The number of hydrogen-bond acceptors (Lipinski definition) is 2. The van der Waals surface area contributed by atoms with Gasteiger partial charge in [-0.25, -0.2) is 4.39 Å². The van der Waals surface area contributed by atoms with Crippen molar-refractivity contribution < 1.29 is 14.0 Å². The predicted octanol–water partition coefficient (Wildman–Crippen LogP) is 4.82. The lowest BCUT2D eigenvalue weighted by molar-refractivity contribution is 0.0694. The quantitative estimate of drug-likeness (QED) is 0.760. The highest BCUT2D eigenvalue weighted by atomic mass is 35.5. The third-order valence-electron chi connectivity index (χ3n) is 4.47. The van der Waals surface area contributed by atoms with E-state index in [2.05, 4.69) is 5.32 Å². The summed E-state index contributed by atoms with van der Waals surface area (Å²) in [7, 11) is 0. The molecule has 2 aromatic carbocycles. The summed E-state index contributed by atoms with van der Waals surface area (Å²) in [4.78, 5) is 26.5. The van der Waals surface area contributed by atoms with E-state index in [9.17, 15) is 14.0 Å². The number of likely N-dealkylation sites (tertiary alicyclic amines) is 1. The van der Waals surface area contributed by atoms with Gasteiger partial charge in [0.15, 0.2) is 0 Å². The largest absolute Gasteiger partial charge is 0.349 e. The highest BCUT2D eigenvalue weighted by Gasteiger charge is 2.28. The lowest BCUT2D eigenvalue weighted by Crippen LogP contribution is -2.46. The molecule has 3 rings (SSSR count). The summed E-state index contributed by atoms with van der Waals surface area (Å²) in [5.41, 5.74) is 0.188. The van der Waals surface area contributed by atoms with E-state index in [0.29, 0.717) is 41.5 Å². The molecule has 0 atom stereocenters. The zero-order chi connectivity index (χ0) is 19.6. The number of amides is 2. The van der Waals surface area contributed by atoms with Crippen molar-refractivity contribution in [3.63, 3.8) is 0 Å². The Bertz CT molecular complexity index is 863. The number of carbonyl (C=O) groups excluding carboxylic acids is 2. The molecule has 2 amide bonds. The first-order valence-corrected chi connectivity index (χ1v) is 9.49. The van der Waals surface area contributed by atoms with Crippen molar-refractivity contribution >= 4 is 46.6 Å². The van der Waals surface area contributed by atoms with E-state index in [4.69, 9.17) is 34.8 Å². The van der Waals surface area contributed by atoms with Crippen molar-refractivity contribution in [3.8, 4) is 0 Å². The summed E-state index contributed by atoms with van der Waals surface area (Å²) < 4.78 is 14.0. The number of nitrogens with zero attached hydrogens (tertiary/aromatic N) is 1. The normalized spacial score (nSPS) is 14.9. The Morgan fingerprint density at radius 2 is 1.74 bits per heavy atom. The standard InChI is InChI=1S/C19H16Cl3FN2O2/c20-11-4-5-14(21)13(10-11)18(26)24-12-6-8-25(9-7-12)19(27)17-15(22)2-1-3-16(17)23/h1-5,10,12H,6-9H2,(H,24,26). The van der Waals surface area contributed by atoms with Crippen molar-refractivity contribution in [2.45, 2.75) is 18.9 Å². The summed E-state index contributed by atoms with van der Waals surface area (Å²) in [6.07, 6.45) is 1.09. The molecule has 142 valence electrons. The highest BCUT2D eigenvalue weighted by Crippen LogP contribution is 2.24. The minimum Gasteiger partial charge on any atom is -0.349 e. The number of rotatable bonds is 3. The molecule has 1 aliphatic heterocycles. The van der Waals surface area contributed by atoms with Crippen molar-refractivity contribution in [2.24, 2.45) is 0 Å². The highest BCUT2D eigenvalue weighted by molar-refractivity contribution is 6.35. The van der Waals surface area contributed by atoms with Crippen molar-refractivity contribution in [1.82, 2.24) is 10.2 Å². The van der Waals surface area contributed by atoms with E-state index in [0.717, 1.165) is 0 Å². The third kappa shape index (κ3) is 4.54. The van der Waals surface area contributed by atoms with Gasteiger partial charge in [-0.3, -0.25) is 9.59 Å². The van der Waals surface area contributed by atoms with E-state index in [1.54, 1.807) is 17.0 Å². The first-order valence-electron chi connectivity index (χ1n) is 8.36. The second kappa shape index (κ2) is 8.46. The van der Waals surface area contributed by atoms with Crippen LogP contribution in [0.1, 0.15) is 33.6 Å². The molecule has 0 aromatic heterocycles. The number of carbonyl (C=O) groups is 2. The van der Waals surface area contributed by atoms with Crippen LogP contribution < -0.4 is 5.32 Å². The van der Waals surface area contributed by atoms with Gasteiger partial charge in [0.1, 0.15) is 5.82 Å². The average molecular weight is 430 g/mol. The molecule has 0 saturated carbocycles. The summed E-state index contributed by atoms with van der Waals surface area (Å²) in [6, 6.07) is 8.72. The molecule has 0 unspecified atom stereocenters. The first-order chi connectivity index (χ1) is 12.9. The van der Waals surface area contributed by atoms with Crippen LogP contribution in [-0.4, -0.2) is 35.8 Å². The van der Waals surface area contributed by atoms with Gasteiger partial charge in [-0.2, -0.15) is 0 Å². The van der Waals surface area contributed by atoms with E-state index in [1.807, 2.05) is 0 Å². The SMILES string of the molecule is O=C(NC1CCN(C(=O)c2c(F)cccc2Cl)CC1)c1cc(Cl)ccc1Cl. The summed E-state index contributed by atoms with van der Waals surface area (Å²) in [5, 5.41) is 3.74. The predicted molar refractivity (Wildman–Crippen MR) is 104 cm³/mol. The van der Waals surface area contributed by atoms with Gasteiger partial charge in [0, 0.05) is 24.2 Å². The summed E-state index contributed by atoms with van der Waals surface area (Å²) >= 11 is 17.9. The molecule has 0 bridgehead atoms. The molecule has 1 heterocycles. The first kappa shape index (κ1) is 19.9. The van der Waals surface area contributed by atoms with Crippen LogP contribution in [0.3, 0.4) is 0 Å². The number of hydrogen-bond donors (Lipinski definition) is 1. The molecule has 0 aliphatic carbocycles. The van der Waals surface area contributed by atoms with Crippen LogP contribution in [0.25, 0.3) is 0 Å². The maximum absolute atomic E-state index is 14.0. The van der Waals surface area contributed by atoms with Crippen LogP contribution in [-0.2, 0) is 0 Å². The second-order valence-electron chi connectivity index (χ2n) is 6.26. The lowest BCUT2D eigenvalue weighted by Gasteiger charge is -2.32. The number of benzene rings is 2. The van der Waals surface area contributed by atoms with Gasteiger partial charge in [0.2, 0.25) is 0 Å². The molecule has 0 spiro atoms. The van der Waals surface area contributed by atoms with Gasteiger partial charge in [-0.1, -0.05) is 40.9 Å². The molecule has 27 heavy (non-hydrogen) atoms. The summed E-state index contributed by atoms with van der Waals surface area (Å²) in [5.74, 6) is -1.40. The molecular formula is C19H16Cl3FN2O2. The van der Waals surface area contributed by atoms with Crippen molar-refractivity contribution in [3.05, 3.63) is 68.4 Å². The Morgan fingerprint density at radius 3 is 2.41 bits per heavy atom. The van der Waals surface area contributed by atoms with Gasteiger partial charge in [0.05, 0.1) is 21.2 Å². The minimum absolute atomic E-state index is 0.0889. The fraction of sp³-hybridized carbons (Fsp3) is 0.263. The second-order valence-corrected chi connectivity index (χ2v) is 7.51. The maximum Gasteiger partial charge on any atom is 0.258 e. The number of piperidine rings is 1. The summed E-state index contributed by atoms with van der Waals surface area (Å²) in [6.45, 7) is 0.773. The van der Waals surface area contributed by atoms with Crippen LogP contribution in [0.15, 0.2) is 36.4 Å². The average Bonchev–Trinajstić information content (AvgIpc) is 2.64. The Labute approximate surface area is 171 Å². The lowest BCUT2D eigenvalue weighted by atomic mass is 10.0. The zero-order valence-corrected chi connectivity index (χ0v) is 16.4. The van der Waals surface area contributed by atoms with Gasteiger partial charge in [-0.05, 0) is 43.2 Å². The molecule has 1 fully saturated rings. The Balaban J connectivity index is 1.61. The van der Waals surface area contributed by atoms with Gasteiger partial charge in [0.25, 0.3) is 11.8 Å². The fourth-order valence-electron chi connectivity index (χ4n) is 3.02. The molecule has 2 aromatic rings. The van der Waals surface area contributed by atoms with Gasteiger partial charge < -0.3 is 10.2 Å². The number of halogens is 4. The van der Waals surface area contributed by atoms with E-state index in [1.165, 1.54) is 24.3 Å². The Morgan fingerprint density at radius 1 is 1.04 bits per heavy atom. The van der Waals surface area contributed by atoms with Crippen molar-refractivity contribution in [1.29, 1.82) is 0 Å². The van der Waals surface area contributed by atoms with Crippen LogP contribution >= 0.6 is 34.8 Å². The van der Waals surface area contributed by atoms with Gasteiger partial charge in [-0.15, -0.1) is 0 Å². The van der Waals surface area contributed by atoms with E-state index >= 15 is 0 Å². The smallest absolute Gasteiger partial charge is 0.258 e. The topological polar surface area (TPSA) is 49.4 Å². The van der Waals surface area contributed by atoms with Crippen LogP contribution in [0.2, 0.25) is 15.1 Å². The minimum atomic E-state index is -0.640. The van der Waals surface area contributed by atoms with Crippen LogP contribution in [0, 0.1) is 5.82 Å². The fourth-order valence-corrected chi connectivity index (χ4v) is 3.64. The molecule has 1 aliphatic rings. The van der Waals surface area contributed by atoms with Crippen LogP contribution in [0.5, 0.6) is 0 Å². The van der Waals surface area contributed by atoms with E-state index in [-0.39, 0.29) is 22.5 Å². The molecule has 1 saturated heterocycles. The zero-order valence-electron chi connectivity index (χ0n) is 14.1. The maximum atomic E-state index is 14.0. The molecule has 8 heteroatoms. The Kier molecular flexibility index (Phi) is 6.25. The molecule has 4 nitrogen and oxygen atoms in total. The molecule has 0 radical (unpaired) electrons. The molecular weight excluding hydrogens is 414 g/mol. The van der Waals surface area contributed by atoms with E-state index < -0.39 is 11.7 Å². The number of nitrogens with one attached hydrogen (secondary N) is 1. The molecule has 1 N–H and O–H groups in total. The monoisotopic (exact) mass is 428 g/mol. The van der Waals surface area contributed by atoms with Gasteiger partial charge >= 0.3 is 0 Å². The Hall–Kier alpha value is -1.82. The third-order valence-corrected chi connectivity index (χ3v) is 5.35. The van der Waals surface area contributed by atoms with Crippen molar-refractivity contribution in [2.75, 3.05) is 13.1 Å².